The van der Waals surface area contributed by atoms with Gasteiger partial charge in [-0.1, -0.05) is 27.7 Å². The summed E-state index contributed by atoms with van der Waals surface area (Å²) >= 11 is 0. The second kappa shape index (κ2) is 9.52. The van der Waals surface area contributed by atoms with Crippen LogP contribution in [0.5, 0.6) is 5.75 Å². The zero-order valence-corrected chi connectivity index (χ0v) is 25.4. The van der Waals surface area contributed by atoms with Crippen molar-refractivity contribution in [3.05, 3.63) is 23.3 Å². The first-order valence-corrected chi connectivity index (χ1v) is 17.0. The number of esters is 3. The van der Waals surface area contributed by atoms with Crippen LogP contribution in [-0.4, -0.2) is 43.1 Å². The minimum absolute atomic E-state index is 0.160. The smallest absolute Gasteiger partial charge is 0.315 e. The first kappa shape index (κ1) is 28.3. The van der Waals surface area contributed by atoms with Crippen LogP contribution in [0.25, 0.3) is 0 Å². The highest BCUT2D eigenvalue weighted by Crippen LogP contribution is 2.62. The van der Waals surface area contributed by atoms with Gasteiger partial charge in [0.15, 0.2) is 0 Å². The molecule has 7 fully saturated rings. The van der Waals surface area contributed by atoms with E-state index in [1.165, 1.54) is 31.4 Å². The molecule has 9 nitrogen and oxygen atoms in total. The lowest BCUT2D eigenvalue weighted by Crippen LogP contribution is -2.53. The van der Waals surface area contributed by atoms with E-state index in [0.29, 0.717) is 35.3 Å². The van der Waals surface area contributed by atoms with Crippen molar-refractivity contribution in [1.29, 1.82) is 0 Å². The fourth-order valence-electron chi connectivity index (χ4n) is 10.1. The number of rotatable bonds is 7. The van der Waals surface area contributed by atoms with E-state index in [-0.39, 0.29) is 40.3 Å². The van der Waals surface area contributed by atoms with Gasteiger partial charge < -0.3 is 14.2 Å². The normalized spacial score (nSPS) is 39.3. The Hall–Kier alpha value is -2.46. The zero-order chi connectivity index (χ0) is 29.9. The minimum atomic E-state index is -4.52. The van der Waals surface area contributed by atoms with E-state index in [1.807, 2.05) is 0 Å². The molecular formula is C32H40O9S. The molecule has 6 unspecified atom stereocenters. The van der Waals surface area contributed by atoms with Crippen LogP contribution < -0.4 is 4.74 Å². The molecule has 228 valence electrons. The summed E-state index contributed by atoms with van der Waals surface area (Å²) in [5.41, 5.74) is 0.244. The summed E-state index contributed by atoms with van der Waals surface area (Å²) in [5.74, 6) is -1.94. The van der Waals surface area contributed by atoms with Crippen molar-refractivity contribution in [2.24, 2.45) is 46.8 Å². The predicted octanol–water partition coefficient (Wildman–Crippen LogP) is 5.02. The van der Waals surface area contributed by atoms with E-state index in [4.69, 9.17) is 14.2 Å². The average Bonchev–Trinajstić information content (AvgIpc) is 3.50. The molecule has 6 bridgehead atoms. The van der Waals surface area contributed by atoms with E-state index < -0.39 is 51.5 Å². The fraction of sp³-hybridized carbons (Fsp3) is 0.719. The molecule has 0 radical (unpaired) electrons. The van der Waals surface area contributed by atoms with Crippen molar-refractivity contribution in [1.82, 2.24) is 0 Å². The molecule has 0 spiro atoms. The van der Waals surface area contributed by atoms with Gasteiger partial charge in [-0.05, 0) is 97.8 Å². The molecule has 1 heterocycles. The number of fused-ring (bicyclic) bond motifs is 1. The quantitative estimate of drug-likeness (QED) is 0.260. The molecule has 6 saturated carbocycles. The third-order valence-electron chi connectivity index (χ3n) is 11.4. The van der Waals surface area contributed by atoms with E-state index >= 15 is 0 Å². The first-order valence-electron chi connectivity index (χ1n) is 15.5. The number of carbonyl (C=O) groups excluding carboxylic acids is 3. The van der Waals surface area contributed by atoms with Gasteiger partial charge in [0, 0.05) is 11.8 Å². The summed E-state index contributed by atoms with van der Waals surface area (Å²) in [6.07, 6.45) is 5.58. The third-order valence-corrected chi connectivity index (χ3v) is 12.4. The van der Waals surface area contributed by atoms with E-state index in [2.05, 4.69) is 0 Å². The maximum Gasteiger partial charge on any atom is 0.315 e. The van der Waals surface area contributed by atoms with Crippen LogP contribution in [0.2, 0.25) is 0 Å². The SMILES string of the molecule is CC(C)c1cc(OC(=O)C2C3CC4C(OC(=O)C42)C3OC(=O)C23CC4CC(CC(C4)C2)C3)cc(C(C)C)c1S(=O)(=O)O. The van der Waals surface area contributed by atoms with Crippen LogP contribution in [-0.2, 0) is 34.0 Å². The molecule has 8 rings (SSSR count). The van der Waals surface area contributed by atoms with Crippen LogP contribution in [0, 0.1) is 46.8 Å². The largest absolute Gasteiger partial charge is 0.458 e. The van der Waals surface area contributed by atoms with Crippen molar-refractivity contribution >= 4 is 28.0 Å². The standard InChI is InChI=1S/C32H40O9S/c1-14(2)20-8-19(9-21(15(3)4)28(20)42(36,37)38)39-29(33)24-23-10-22-25(24)30(34)40-26(22)27(23)41-31(35)32-11-16-5-17(12-32)7-18(6-16)13-32/h8-9,14-18,22-27H,5-7,10-13H2,1-4H3,(H,36,37,38). The Morgan fingerprint density at radius 2 is 1.48 bits per heavy atom. The molecule has 1 saturated heterocycles. The summed E-state index contributed by atoms with van der Waals surface area (Å²) in [6, 6.07) is 2.95. The maximum absolute atomic E-state index is 13.8. The van der Waals surface area contributed by atoms with Crippen molar-refractivity contribution in [2.45, 2.75) is 102 Å². The summed E-state index contributed by atoms with van der Waals surface area (Å²) in [4.78, 5) is 40.4. The molecule has 0 aromatic heterocycles. The Morgan fingerprint density at radius 1 is 0.929 bits per heavy atom. The molecule has 1 N–H and O–H groups in total. The van der Waals surface area contributed by atoms with Gasteiger partial charge in [0.05, 0.1) is 17.3 Å². The van der Waals surface area contributed by atoms with Gasteiger partial charge >= 0.3 is 17.9 Å². The van der Waals surface area contributed by atoms with E-state index in [9.17, 15) is 27.4 Å². The average molecular weight is 601 g/mol. The Balaban J connectivity index is 1.15. The van der Waals surface area contributed by atoms with Crippen LogP contribution in [0.1, 0.15) is 95.6 Å². The van der Waals surface area contributed by atoms with Crippen LogP contribution in [0.15, 0.2) is 17.0 Å². The summed E-state index contributed by atoms with van der Waals surface area (Å²) in [5, 5.41) is 0. The van der Waals surface area contributed by atoms with Crippen LogP contribution in [0.3, 0.4) is 0 Å². The summed E-state index contributed by atoms with van der Waals surface area (Å²) < 4.78 is 52.5. The van der Waals surface area contributed by atoms with Crippen LogP contribution >= 0.6 is 0 Å². The van der Waals surface area contributed by atoms with Gasteiger partial charge in [-0.2, -0.15) is 8.42 Å². The van der Waals surface area contributed by atoms with Crippen molar-refractivity contribution in [3.8, 4) is 5.75 Å². The molecule has 1 aliphatic heterocycles. The Morgan fingerprint density at radius 3 is 1.98 bits per heavy atom. The van der Waals surface area contributed by atoms with Gasteiger partial charge in [0.1, 0.15) is 22.9 Å². The van der Waals surface area contributed by atoms with E-state index in [1.54, 1.807) is 27.7 Å². The molecular weight excluding hydrogens is 560 g/mol. The Labute approximate surface area is 246 Å². The molecule has 1 aromatic carbocycles. The molecule has 7 aliphatic rings. The lowest BCUT2D eigenvalue weighted by molar-refractivity contribution is -0.187. The monoisotopic (exact) mass is 600 g/mol. The molecule has 6 atom stereocenters. The Bertz CT molecular complexity index is 1400. The summed E-state index contributed by atoms with van der Waals surface area (Å²) in [7, 11) is -4.52. The Kier molecular flexibility index (Phi) is 6.42. The van der Waals surface area contributed by atoms with E-state index in [0.717, 1.165) is 19.3 Å². The van der Waals surface area contributed by atoms with Crippen molar-refractivity contribution < 1.29 is 41.6 Å². The zero-order valence-electron chi connectivity index (χ0n) is 24.6. The van der Waals surface area contributed by atoms with Gasteiger partial charge in [-0.25, -0.2) is 0 Å². The highest BCUT2D eigenvalue weighted by molar-refractivity contribution is 7.86. The number of carbonyl (C=O) groups is 3. The van der Waals surface area contributed by atoms with Gasteiger partial charge in [-0.15, -0.1) is 0 Å². The van der Waals surface area contributed by atoms with Crippen molar-refractivity contribution in [3.63, 3.8) is 0 Å². The lowest BCUT2D eigenvalue weighted by Gasteiger charge is -2.55. The minimum Gasteiger partial charge on any atom is -0.458 e. The van der Waals surface area contributed by atoms with Gasteiger partial charge in [0.2, 0.25) is 0 Å². The summed E-state index contributed by atoms with van der Waals surface area (Å²) in [6.45, 7) is 7.19. The molecule has 6 aliphatic carbocycles. The highest BCUT2D eigenvalue weighted by Gasteiger charge is 2.71. The number of hydrogen-bond acceptors (Lipinski definition) is 8. The molecule has 0 amide bonds. The van der Waals surface area contributed by atoms with Gasteiger partial charge in [0.25, 0.3) is 10.1 Å². The predicted molar refractivity (Wildman–Crippen MR) is 149 cm³/mol. The number of benzene rings is 1. The second-order valence-corrected chi connectivity index (χ2v) is 16.1. The maximum atomic E-state index is 13.8. The molecule has 1 aromatic rings. The van der Waals surface area contributed by atoms with Crippen molar-refractivity contribution in [2.75, 3.05) is 0 Å². The number of ether oxygens (including phenoxy) is 3. The molecule has 10 heteroatoms. The van der Waals surface area contributed by atoms with Gasteiger partial charge in [-0.3, -0.25) is 18.9 Å². The van der Waals surface area contributed by atoms with Crippen LogP contribution in [0.4, 0.5) is 0 Å². The molecule has 42 heavy (non-hydrogen) atoms. The lowest BCUT2D eigenvalue weighted by atomic mass is 9.49. The second-order valence-electron chi connectivity index (χ2n) is 14.7. The highest BCUT2D eigenvalue weighted by atomic mass is 32.2. The number of hydrogen-bond donors (Lipinski definition) is 1. The third kappa shape index (κ3) is 4.25. The first-order chi connectivity index (χ1) is 19.8. The topological polar surface area (TPSA) is 133 Å². The fourth-order valence-corrected chi connectivity index (χ4v) is 11.3.